The highest BCUT2D eigenvalue weighted by Crippen LogP contribution is 2.19. The molecular formula is C12H16O2S. The molecule has 0 aliphatic carbocycles. The summed E-state index contributed by atoms with van der Waals surface area (Å²) in [5, 5.41) is 0. The van der Waals surface area contributed by atoms with E-state index in [4.69, 9.17) is 4.74 Å². The highest BCUT2D eigenvalue weighted by Gasteiger charge is 2.07. The minimum Gasteiger partial charge on any atom is -0.496 e. The van der Waals surface area contributed by atoms with Gasteiger partial charge in [-0.2, -0.15) is 11.8 Å². The number of carbonyl (C=O) groups is 1. The largest absolute Gasteiger partial charge is 0.496 e. The van der Waals surface area contributed by atoms with E-state index >= 15 is 0 Å². The minimum absolute atomic E-state index is 0.204. The number of rotatable bonds is 5. The van der Waals surface area contributed by atoms with Crippen LogP contribution < -0.4 is 4.74 Å². The SMILES string of the molecule is COc1ccc(C(=O)CCSC)cc1C. The Hall–Kier alpha value is -0.960. The molecule has 0 bridgehead atoms. The van der Waals surface area contributed by atoms with Crippen LogP contribution in [0.15, 0.2) is 18.2 Å². The molecule has 0 saturated carbocycles. The van der Waals surface area contributed by atoms with E-state index in [2.05, 4.69) is 0 Å². The molecule has 0 spiro atoms. The molecule has 1 aromatic carbocycles. The third kappa shape index (κ3) is 3.27. The quantitative estimate of drug-likeness (QED) is 0.719. The number of carbonyl (C=O) groups excluding carboxylic acids is 1. The molecule has 0 unspecified atom stereocenters. The molecule has 15 heavy (non-hydrogen) atoms. The monoisotopic (exact) mass is 224 g/mol. The lowest BCUT2D eigenvalue weighted by Crippen LogP contribution is -2.01. The van der Waals surface area contributed by atoms with Gasteiger partial charge in [0.25, 0.3) is 0 Å². The number of methoxy groups -OCH3 is 1. The maximum atomic E-state index is 11.7. The molecule has 1 rings (SSSR count). The zero-order chi connectivity index (χ0) is 11.3. The second-order valence-corrected chi connectivity index (χ2v) is 4.34. The first-order valence-electron chi connectivity index (χ1n) is 4.86. The van der Waals surface area contributed by atoms with Crippen LogP contribution in [0.5, 0.6) is 5.75 Å². The summed E-state index contributed by atoms with van der Waals surface area (Å²) in [6.45, 7) is 1.95. The van der Waals surface area contributed by atoms with Crippen LogP contribution in [0.3, 0.4) is 0 Å². The average molecular weight is 224 g/mol. The second kappa shape index (κ2) is 5.81. The number of benzene rings is 1. The fourth-order valence-corrected chi connectivity index (χ4v) is 1.78. The Bertz CT molecular complexity index is 347. The van der Waals surface area contributed by atoms with Crippen molar-refractivity contribution in [1.29, 1.82) is 0 Å². The molecule has 0 aliphatic rings. The van der Waals surface area contributed by atoms with Crippen molar-refractivity contribution in [3.8, 4) is 5.75 Å². The molecule has 0 heterocycles. The molecule has 0 saturated heterocycles. The standard InChI is InChI=1S/C12H16O2S/c1-9-8-10(4-5-12(9)14-2)11(13)6-7-15-3/h4-5,8H,6-7H2,1-3H3. The molecule has 0 aromatic heterocycles. The van der Waals surface area contributed by atoms with Gasteiger partial charge in [0.1, 0.15) is 5.75 Å². The lowest BCUT2D eigenvalue weighted by Gasteiger charge is -2.06. The first kappa shape index (κ1) is 12.1. The van der Waals surface area contributed by atoms with E-state index in [1.807, 2.05) is 31.4 Å². The summed E-state index contributed by atoms with van der Waals surface area (Å²) in [6, 6.07) is 5.57. The summed E-state index contributed by atoms with van der Waals surface area (Å²) in [4.78, 5) is 11.7. The molecule has 0 aliphatic heterocycles. The number of hydrogen-bond donors (Lipinski definition) is 0. The van der Waals surface area contributed by atoms with E-state index in [-0.39, 0.29) is 5.78 Å². The Morgan fingerprint density at radius 3 is 2.73 bits per heavy atom. The van der Waals surface area contributed by atoms with Crippen LogP contribution >= 0.6 is 11.8 Å². The van der Waals surface area contributed by atoms with Crippen LogP contribution in [0.2, 0.25) is 0 Å². The third-order valence-electron chi connectivity index (χ3n) is 2.25. The molecule has 0 N–H and O–H groups in total. The van der Waals surface area contributed by atoms with Crippen molar-refractivity contribution >= 4 is 17.5 Å². The van der Waals surface area contributed by atoms with E-state index in [1.165, 1.54) is 0 Å². The molecule has 0 amide bonds. The van der Waals surface area contributed by atoms with Crippen molar-refractivity contribution in [2.24, 2.45) is 0 Å². The van der Waals surface area contributed by atoms with Gasteiger partial charge in [-0.1, -0.05) is 0 Å². The Kier molecular flexibility index (Phi) is 4.69. The lowest BCUT2D eigenvalue weighted by atomic mass is 10.1. The van der Waals surface area contributed by atoms with Crippen molar-refractivity contribution in [3.63, 3.8) is 0 Å². The highest BCUT2D eigenvalue weighted by molar-refractivity contribution is 7.98. The van der Waals surface area contributed by atoms with Crippen molar-refractivity contribution < 1.29 is 9.53 Å². The van der Waals surface area contributed by atoms with Gasteiger partial charge in [0.15, 0.2) is 5.78 Å². The Labute approximate surface area is 95.0 Å². The van der Waals surface area contributed by atoms with Crippen molar-refractivity contribution in [1.82, 2.24) is 0 Å². The molecule has 0 atom stereocenters. The summed E-state index contributed by atoms with van der Waals surface area (Å²) < 4.78 is 5.15. The van der Waals surface area contributed by atoms with Crippen LogP contribution in [-0.2, 0) is 0 Å². The van der Waals surface area contributed by atoms with Crippen molar-refractivity contribution in [2.75, 3.05) is 19.1 Å². The number of thioether (sulfide) groups is 1. The van der Waals surface area contributed by atoms with Gasteiger partial charge in [0.2, 0.25) is 0 Å². The Morgan fingerprint density at radius 2 is 2.20 bits per heavy atom. The normalized spacial score (nSPS) is 10.1. The summed E-state index contributed by atoms with van der Waals surface area (Å²) >= 11 is 1.69. The lowest BCUT2D eigenvalue weighted by molar-refractivity contribution is 0.0989. The minimum atomic E-state index is 0.204. The maximum absolute atomic E-state index is 11.7. The van der Waals surface area contributed by atoms with Gasteiger partial charge in [0.05, 0.1) is 7.11 Å². The van der Waals surface area contributed by atoms with E-state index in [9.17, 15) is 4.79 Å². The Morgan fingerprint density at radius 1 is 1.47 bits per heavy atom. The van der Waals surface area contributed by atoms with Gasteiger partial charge >= 0.3 is 0 Å². The topological polar surface area (TPSA) is 26.3 Å². The van der Waals surface area contributed by atoms with Crippen LogP contribution in [-0.4, -0.2) is 24.9 Å². The molecule has 2 nitrogen and oxygen atoms in total. The molecule has 3 heteroatoms. The third-order valence-corrected chi connectivity index (χ3v) is 2.86. The average Bonchev–Trinajstić information content (AvgIpc) is 2.25. The second-order valence-electron chi connectivity index (χ2n) is 3.35. The van der Waals surface area contributed by atoms with Gasteiger partial charge in [0, 0.05) is 17.7 Å². The van der Waals surface area contributed by atoms with Gasteiger partial charge in [-0.25, -0.2) is 0 Å². The van der Waals surface area contributed by atoms with Crippen LogP contribution in [0.4, 0.5) is 0 Å². The van der Waals surface area contributed by atoms with Gasteiger partial charge in [-0.05, 0) is 36.9 Å². The number of ketones is 1. The summed E-state index contributed by atoms with van der Waals surface area (Å²) in [5.41, 5.74) is 1.79. The molecular weight excluding hydrogens is 208 g/mol. The van der Waals surface area contributed by atoms with E-state index < -0.39 is 0 Å². The van der Waals surface area contributed by atoms with Crippen LogP contribution in [0, 0.1) is 6.92 Å². The predicted molar refractivity (Wildman–Crippen MR) is 65.1 cm³/mol. The fraction of sp³-hybridized carbons (Fsp3) is 0.417. The number of Topliss-reactive ketones (excluding diaryl/α,β-unsaturated/α-hetero) is 1. The van der Waals surface area contributed by atoms with Gasteiger partial charge in [-0.15, -0.1) is 0 Å². The van der Waals surface area contributed by atoms with E-state index in [0.29, 0.717) is 6.42 Å². The fourth-order valence-electron chi connectivity index (χ4n) is 1.39. The molecule has 82 valence electrons. The number of aryl methyl sites for hydroxylation is 1. The number of ether oxygens (including phenoxy) is 1. The molecule has 1 aromatic rings. The molecule has 0 radical (unpaired) electrons. The van der Waals surface area contributed by atoms with Crippen LogP contribution in [0.1, 0.15) is 22.3 Å². The summed E-state index contributed by atoms with van der Waals surface area (Å²) in [5.74, 6) is 1.91. The van der Waals surface area contributed by atoms with Crippen molar-refractivity contribution in [3.05, 3.63) is 29.3 Å². The molecule has 0 fully saturated rings. The van der Waals surface area contributed by atoms with Gasteiger partial charge in [-0.3, -0.25) is 4.79 Å². The smallest absolute Gasteiger partial charge is 0.163 e. The first-order valence-corrected chi connectivity index (χ1v) is 6.25. The highest BCUT2D eigenvalue weighted by atomic mass is 32.2. The summed E-state index contributed by atoms with van der Waals surface area (Å²) in [7, 11) is 1.64. The van der Waals surface area contributed by atoms with Crippen molar-refractivity contribution in [2.45, 2.75) is 13.3 Å². The predicted octanol–water partition coefficient (Wildman–Crippen LogP) is 2.94. The number of hydrogen-bond acceptors (Lipinski definition) is 3. The van der Waals surface area contributed by atoms with Gasteiger partial charge < -0.3 is 4.74 Å². The zero-order valence-corrected chi connectivity index (χ0v) is 10.2. The van der Waals surface area contributed by atoms with E-state index in [1.54, 1.807) is 18.9 Å². The zero-order valence-electron chi connectivity index (χ0n) is 9.37. The first-order chi connectivity index (χ1) is 7.19. The van der Waals surface area contributed by atoms with E-state index in [0.717, 1.165) is 22.6 Å². The Balaban J connectivity index is 2.78. The maximum Gasteiger partial charge on any atom is 0.163 e. The van der Waals surface area contributed by atoms with Crippen LogP contribution in [0.25, 0.3) is 0 Å². The summed E-state index contributed by atoms with van der Waals surface area (Å²) in [6.07, 6.45) is 2.61.